The van der Waals surface area contributed by atoms with Crippen molar-refractivity contribution in [2.24, 2.45) is 5.73 Å². The SMILES string of the molecule is NCc1ccc(CNC(=O)c2ccon2)cc1. The fraction of sp³-hybridized carbons (Fsp3) is 0.167. The number of amides is 1. The second-order valence-electron chi connectivity index (χ2n) is 3.59. The summed E-state index contributed by atoms with van der Waals surface area (Å²) in [5, 5.41) is 6.30. The van der Waals surface area contributed by atoms with Gasteiger partial charge >= 0.3 is 0 Å². The van der Waals surface area contributed by atoms with Gasteiger partial charge in [-0.3, -0.25) is 4.79 Å². The number of benzene rings is 1. The third-order valence-corrected chi connectivity index (χ3v) is 2.38. The van der Waals surface area contributed by atoms with Gasteiger partial charge in [0, 0.05) is 19.2 Å². The number of nitrogens with zero attached hydrogens (tertiary/aromatic N) is 1. The molecule has 0 bridgehead atoms. The Kier molecular flexibility index (Phi) is 3.52. The summed E-state index contributed by atoms with van der Waals surface area (Å²) in [5.74, 6) is -0.248. The Morgan fingerprint density at radius 3 is 2.53 bits per heavy atom. The van der Waals surface area contributed by atoms with Gasteiger partial charge in [-0.05, 0) is 11.1 Å². The molecule has 0 radical (unpaired) electrons. The van der Waals surface area contributed by atoms with Gasteiger partial charge in [-0.15, -0.1) is 0 Å². The van der Waals surface area contributed by atoms with E-state index in [0.29, 0.717) is 13.1 Å². The van der Waals surface area contributed by atoms with Crippen LogP contribution >= 0.6 is 0 Å². The van der Waals surface area contributed by atoms with Crippen LogP contribution < -0.4 is 11.1 Å². The van der Waals surface area contributed by atoms with Crippen molar-refractivity contribution in [3.8, 4) is 0 Å². The van der Waals surface area contributed by atoms with Crippen molar-refractivity contribution in [2.45, 2.75) is 13.1 Å². The molecule has 5 heteroatoms. The lowest BCUT2D eigenvalue weighted by atomic mass is 10.1. The fourth-order valence-corrected chi connectivity index (χ4v) is 1.40. The summed E-state index contributed by atoms with van der Waals surface area (Å²) in [6.45, 7) is 0.974. The minimum absolute atomic E-state index is 0.248. The first-order valence-electron chi connectivity index (χ1n) is 5.26. The maximum atomic E-state index is 11.5. The van der Waals surface area contributed by atoms with Crippen molar-refractivity contribution >= 4 is 5.91 Å². The van der Waals surface area contributed by atoms with Gasteiger partial charge in [0.15, 0.2) is 5.69 Å². The van der Waals surface area contributed by atoms with Crippen LogP contribution in [0.1, 0.15) is 21.6 Å². The Balaban J connectivity index is 1.91. The molecule has 1 aromatic heterocycles. The fourth-order valence-electron chi connectivity index (χ4n) is 1.40. The van der Waals surface area contributed by atoms with E-state index in [9.17, 15) is 4.79 Å². The zero-order chi connectivity index (χ0) is 12.1. The van der Waals surface area contributed by atoms with E-state index in [-0.39, 0.29) is 11.6 Å². The molecule has 0 aliphatic carbocycles. The minimum atomic E-state index is -0.248. The van der Waals surface area contributed by atoms with Gasteiger partial charge in [-0.2, -0.15) is 0 Å². The molecule has 0 fully saturated rings. The van der Waals surface area contributed by atoms with E-state index in [1.54, 1.807) is 0 Å². The molecule has 5 nitrogen and oxygen atoms in total. The van der Waals surface area contributed by atoms with Crippen molar-refractivity contribution in [3.05, 3.63) is 53.4 Å². The largest absolute Gasteiger partial charge is 0.364 e. The molecule has 0 atom stereocenters. The lowest BCUT2D eigenvalue weighted by Crippen LogP contribution is -2.23. The average Bonchev–Trinajstić information content (AvgIpc) is 2.90. The zero-order valence-corrected chi connectivity index (χ0v) is 9.22. The van der Waals surface area contributed by atoms with E-state index in [0.717, 1.165) is 11.1 Å². The van der Waals surface area contributed by atoms with Crippen molar-refractivity contribution < 1.29 is 9.32 Å². The van der Waals surface area contributed by atoms with E-state index < -0.39 is 0 Å². The summed E-state index contributed by atoms with van der Waals surface area (Å²) >= 11 is 0. The molecule has 3 N–H and O–H groups in total. The summed E-state index contributed by atoms with van der Waals surface area (Å²) < 4.78 is 4.59. The summed E-state index contributed by atoms with van der Waals surface area (Å²) in [7, 11) is 0. The highest BCUT2D eigenvalue weighted by Gasteiger charge is 2.07. The smallest absolute Gasteiger partial charge is 0.273 e. The molecule has 1 heterocycles. The summed E-state index contributed by atoms with van der Waals surface area (Å²) in [6, 6.07) is 9.28. The molecule has 1 aromatic carbocycles. The van der Waals surface area contributed by atoms with Crippen LogP contribution in [-0.2, 0) is 13.1 Å². The molecule has 0 aliphatic heterocycles. The van der Waals surface area contributed by atoms with Gasteiger partial charge in [0.05, 0.1) is 0 Å². The molecular formula is C12H13N3O2. The summed E-state index contributed by atoms with van der Waals surface area (Å²) in [5.41, 5.74) is 7.86. The van der Waals surface area contributed by atoms with Gasteiger partial charge < -0.3 is 15.6 Å². The Morgan fingerprint density at radius 1 is 1.24 bits per heavy atom. The van der Waals surface area contributed by atoms with Gasteiger partial charge in [0.2, 0.25) is 0 Å². The van der Waals surface area contributed by atoms with E-state index in [4.69, 9.17) is 5.73 Å². The zero-order valence-electron chi connectivity index (χ0n) is 9.22. The van der Waals surface area contributed by atoms with Crippen LogP contribution in [0.25, 0.3) is 0 Å². The highest BCUT2D eigenvalue weighted by Crippen LogP contribution is 2.04. The van der Waals surface area contributed by atoms with Crippen LogP contribution in [0, 0.1) is 0 Å². The predicted molar refractivity (Wildman–Crippen MR) is 62.0 cm³/mol. The van der Waals surface area contributed by atoms with Crippen LogP contribution in [0.15, 0.2) is 41.1 Å². The quantitative estimate of drug-likeness (QED) is 0.824. The lowest BCUT2D eigenvalue weighted by Gasteiger charge is -2.04. The normalized spacial score (nSPS) is 10.2. The van der Waals surface area contributed by atoms with Gasteiger partial charge in [0.1, 0.15) is 6.26 Å². The van der Waals surface area contributed by atoms with Gasteiger partial charge in [0.25, 0.3) is 5.91 Å². The molecule has 2 rings (SSSR count). The highest BCUT2D eigenvalue weighted by molar-refractivity contribution is 5.91. The molecule has 0 aliphatic rings. The number of nitrogens with two attached hydrogens (primary N) is 1. The van der Waals surface area contributed by atoms with Gasteiger partial charge in [-0.25, -0.2) is 0 Å². The Bertz CT molecular complexity index is 477. The minimum Gasteiger partial charge on any atom is -0.364 e. The van der Waals surface area contributed by atoms with Crippen LogP contribution in [-0.4, -0.2) is 11.1 Å². The van der Waals surface area contributed by atoms with Crippen LogP contribution in [0.2, 0.25) is 0 Å². The molecule has 17 heavy (non-hydrogen) atoms. The second kappa shape index (κ2) is 5.27. The third kappa shape index (κ3) is 2.92. The molecule has 0 saturated heterocycles. The second-order valence-corrected chi connectivity index (χ2v) is 3.59. The molecule has 1 amide bonds. The van der Waals surface area contributed by atoms with Crippen molar-refractivity contribution in [1.82, 2.24) is 10.5 Å². The first kappa shape index (κ1) is 11.3. The number of hydrogen-bond donors (Lipinski definition) is 2. The Labute approximate surface area is 98.6 Å². The van der Waals surface area contributed by atoms with E-state index >= 15 is 0 Å². The lowest BCUT2D eigenvalue weighted by molar-refractivity contribution is 0.0942. The molecule has 88 valence electrons. The third-order valence-electron chi connectivity index (χ3n) is 2.38. The number of rotatable bonds is 4. The standard InChI is InChI=1S/C12H13N3O2/c13-7-9-1-3-10(4-2-9)8-14-12(16)11-5-6-17-15-11/h1-6H,7-8,13H2,(H,14,16). The maximum absolute atomic E-state index is 11.5. The van der Waals surface area contributed by atoms with E-state index in [2.05, 4.69) is 15.0 Å². The van der Waals surface area contributed by atoms with Crippen molar-refractivity contribution in [3.63, 3.8) is 0 Å². The van der Waals surface area contributed by atoms with Crippen LogP contribution in [0.4, 0.5) is 0 Å². The predicted octanol–water partition coefficient (Wildman–Crippen LogP) is 1.06. The molecule has 2 aromatic rings. The number of nitrogens with one attached hydrogen (secondary N) is 1. The number of hydrogen-bond acceptors (Lipinski definition) is 4. The topological polar surface area (TPSA) is 81.1 Å². The summed E-state index contributed by atoms with van der Waals surface area (Å²) in [6.07, 6.45) is 1.37. The first-order valence-corrected chi connectivity index (χ1v) is 5.26. The maximum Gasteiger partial charge on any atom is 0.273 e. The molecular weight excluding hydrogens is 218 g/mol. The monoisotopic (exact) mass is 231 g/mol. The van der Waals surface area contributed by atoms with Crippen molar-refractivity contribution in [1.29, 1.82) is 0 Å². The average molecular weight is 231 g/mol. The van der Waals surface area contributed by atoms with E-state index in [1.807, 2.05) is 24.3 Å². The Morgan fingerprint density at radius 2 is 1.94 bits per heavy atom. The van der Waals surface area contributed by atoms with Gasteiger partial charge in [-0.1, -0.05) is 29.4 Å². The Hall–Kier alpha value is -2.14. The first-order chi connectivity index (χ1) is 8.29. The van der Waals surface area contributed by atoms with Crippen molar-refractivity contribution in [2.75, 3.05) is 0 Å². The highest BCUT2D eigenvalue weighted by atomic mass is 16.5. The number of carbonyl (C=O) groups is 1. The van der Waals surface area contributed by atoms with Crippen LogP contribution in [0.3, 0.4) is 0 Å². The molecule has 0 saturated carbocycles. The summed E-state index contributed by atoms with van der Waals surface area (Å²) in [4.78, 5) is 11.5. The number of aromatic nitrogens is 1. The van der Waals surface area contributed by atoms with Crippen LogP contribution in [0.5, 0.6) is 0 Å². The van der Waals surface area contributed by atoms with E-state index in [1.165, 1.54) is 12.3 Å². The number of carbonyl (C=O) groups excluding carboxylic acids is 1. The molecule has 0 unspecified atom stereocenters. The molecule has 0 spiro atoms.